The molecule has 2 rings (SSSR count). The molecule has 0 spiro atoms. The normalized spacial score (nSPS) is 11.5. The van der Waals surface area contributed by atoms with Crippen molar-refractivity contribution in [1.82, 2.24) is 0 Å². The average Bonchev–Trinajstić information content (AvgIpc) is 2.45. The summed E-state index contributed by atoms with van der Waals surface area (Å²) in [5.41, 5.74) is 6.28. The van der Waals surface area contributed by atoms with Crippen LogP contribution >= 0.6 is 11.6 Å². The van der Waals surface area contributed by atoms with Crippen molar-refractivity contribution < 1.29 is 14.0 Å². The summed E-state index contributed by atoms with van der Waals surface area (Å²) < 4.78 is 27.1. The minimum atomic E-state index is -0.546. The first-order valence-corrected chi connectivity index (χ1v) is 6.34. The van der Waals surface area contributed by atoms with E-state index in [1.165, 1.54) is 24.3 Å². The van der Waals surface area contributed by atoms with Gasteiger partial charge in [0.25, 0.3) is 0 Å². The Kier molecular flexibility index (Phi) is 4.59. The van der Waals surface area contributed by atoms with Crippen LogP contribution in [-0.2, 0) is 6.54 Å². The smallest absolute Gasteiger partial charge is 0.170 e. The second-order valence-corrected chi connectivity index (χ2v) is 4.69. The lowest BCUT2D eigenvalue weighted by Crippen LogP contribution is -2.14. The van der Waals surface area contributed by atoms with Crippen molar-refractivity contribution >= 4 is 23.1 Å². The van der Waals surface area contributed by atoms with Crippen LogP contribution in [0.3, 0.4) is 0 Å². The summed E-state index contributed by atoms with van der Waals surface area (Å²) in [6.45, 7) is 0.129. The second kappa shape index (κ2) is 6.41. The van der Waals surface area contributed by atoms with E-state index in [2.05, 4.69) is 10.5 Å². The summed E-state index contributed by atoms with van der Waals surface area (Å²) in [5, 5.41) is 14.4. The number of benzene rings is 2. The molecule has 0 aliphatic rings. The van der Waals surface area contributed by atoms with Gasteiger partial charge >= 0.3 is 0 Å². The van der Waals surface area contributed by atoms with Crippen LogP contribution in [0.4, 0.5) is 14.5 Å². The van der Waals surface area contributed by atoms with Gasteiger partial charge in [-0.2, -0.15) is 0 Å². The van der Waals surface area contributed by atoms with Crippen molar-refractivity contribution in [2.45, 2.75) is 6.54 Å². The molecule has 7 heteroatoms. The van der Waals surface area contributed by atoms with Crippen molar-refractivity contribution in [3.05, 3.63) is 64.2 Å². The van der Waals surface area contributed by atoms with E-state index in [1.807, 2.05) is 0 Å². The van der Waals surface area contributed by atoms with Gasteiger partial charge in [0.15, 0.2) is 5.84 Å². The molecule has 110 valence electrons. The Labute approximate surface area is 124 Å². The maximum Gasteiger partial charge on any atom is 0.170 e. The van der Waals surface area contributed by atoms with Gasteiger partial charge in [0.1, 0.15) is 11.6 Å². The number of hydrogen-bond acceptors (Lipinski definition) is 3. The zero-order chi connectivity index (χ0) is 15.4. The predicted molar refractivity (Wildman–Crippen MR) is 77.6 cm³/mol. The quantitative estimate of drug-likeness (QED) is 0.351. The Hall–Kier alpha value is -2.34. The molecule has 0 aliphatic heterocycles. The maximum absolute atomic E-state index is 13.6. The SMILES string of the molecule is N/C(=N/O)c1cc(F)cc(CNc2c(F)cccc2Cl)c1. The first kappa shape index (κ1) is 15.1. The van der Waals surface area contributed by atoms with Crippen molar-refractivity contribution in [2.75, 3.05) is 5.32 Å². The van der Waals surface area contributed by atoms with Gasteiger partial charge in [-0.05, 0) is 35.9 Å². The summed E-state index contributed by atoms with van der Waals surface area (Å²) in [5.74, 6) is -1.26. The summed E-state index contributed by atoms with van der Waals surface area (Å²) in [7, 11) is 0. The predicted octanol–water partition coefficient (Wildman–Crippen LogP) is 3.32. The van der Waals surface area contributed by atoms with Crippen molar-refractivity contribution in [2.24, 2.45) is 10.9 Å². The van der Waals surface area contributed by atoms with E-state index >= 15 is 0 Å². The molecular formula is C14H12ClF2N3O. The third-order valence-corrected chi connectivity index (χ3v) is 3.11. The van der Waals surface area contributed by atoms with E-state index in [1.54, 1.807) is 6.07 Å². The minimum Gasteiger partial charge on any atom is -0.409 e. The van der Waals surface area contributed by atoms with E-state index in [9.17, 15) is 8.78 Å². The van der Waals surface area contributed by atoms with Crippen molar-refractivity contribution in [3.63, 3.8) is 0 Å². The number of rotatable bonds is 4. The zero-order valence-electron chi connectivity index (χ0n) is 10.8. The fraction of sp³-hybridized carbons (Fsp3) is 0.0714. The topological polar surface area (TPSA) is 70.6 Å². The molecule has 0 heterocycles. The molecule has 4 N–H and O–H groups in total. The highest BCUT2D eigenvalue weighted by molar-refractivity contribution is 6.33. The Balaban J connectivity index is 2.22. The van der Waals surface area contributed by atoms with Crippen LogP contribution in [0.15, 0.2) is 41.6 Å². The lowest BCUT2D eigenvalue weighted by molar-refractivity contribution is 0.318. The highest BCUT2D eigenvalue weighted by atomic mass is 35.5. The Bertz CT molecular complexity index is 672. The van der Waals surface area contributed by atoms with Gasteiger partial charge in [0.05, 0.1) is 10.7 Å². The molecule has 2 aromatic rings. The van der Waals surface area contributed by atoms with Crippen molar-refractivity contribution in [1.29, 1.82) is 0 Å². The molecule has 2 aromatic carbocycles. The molecular weight excluding hydrogens is 300 g/mol. The van der Waals surface area contributed by atoms with Crippen LogP contribution in [0, 0.1) is 11.6 Å². The van der Waals surface area contributed by atoms with Gasteiger partial charge in [0.2, 0.25) is 0 Å². The molecule has 0 fully saturated rings. The van der Waals surface area contributed by atoms with E-state index in [-0.39, 0.29) is 28.7 Å². The van der Waals surface area contributed by atoms with Crippen LogP contribution < -0.4 is 11.1 Å². The van der Waals surface area contributed by atoms with E-state index < -0.39 is 11.6 Å². The number of amidine groups is 1. The van der Waals surface area contributed by atoms with Crippen molar-refractivity contribution in [3.8, 4) is 0 Å². The highest BCUT2D eigenvalue weighted by Crippen LogP contribution is 2.25. The molecule has 0 bridgehead atoms. The standard InChI is InChI=1S/C14H12ClF2N3O/c15-11-2-1-3-12(17)13(11)19-7-8-4-9(14(18)20-21)6-10(16)5-8/h1-6,19,21H,7H2,(H2,18,20). The summed E-state index contributed by atoms with van der Waals surface area (Å²) in [6, 6.07) is 8.22. The molecule has 0 aromatic heterocycles. The third-order valence-electron chi connectivity index (χ3n) is 2.79. The number of nitrogens with two attached hydrogens (primary N) is 1. The molecule has 0 aliphatic carbocycles. The number of halogens is 3. The Morgan fingerprint density at radius 2 is 2.05 bits per heavy atom. The first-order valence-electron chi connectivity index (χ1n) is 5.96. The van der Waals surface area contributed by atoms with Gasteiger partial charge in [-0.25, -0.2) is 8.78 Å². The van der Waals surface area contributed by atoms with Gasteiger partial charge in [-0.15, -0.1) is 0 Å². The van der Waals surface area contributed by atoms with Gasteiger partial charge < -0.3 is 16.3 Å². The maximum atomic E-state index is 13.6. The zero-order valence-corrected chi connectivity index (χ0v) is 11.5. The highest BCUT2D eigenvalue weighted by Gasteiger charge is 2.08. The number of anilines is 1. The van der Waals surface area contributed by atoms with Gasteiger partial charge in [-0.1, -0.05) is 22.8 Å². The van der Waals surface area contributed by atoms with Gasteiger partial charge in [0, 0.05) is 12.1 Å². The third kappa shape index (κ3) is 3.61. The van der Waals surface area contributed by atoms with E-state index in [0.717, 1.165) is 6.07 Å². The van der Waals surface area contributed by atoms with Crippen LogP contribution in [0.5, 0.6) is 0 Å². The summed E-state index contributed by atoms with van der Waals surface area (Å²) >= 11 is 5.88. The van der Waals surface area contributed by atoms with Crippen LogP contribution in [0.1, 0.15) is 11.1 Å². The van der Waals surface area contributed by atoms with Crippen LogP contribution in [0.2, 0.25) is 5.02 Å². The van der Waals surface area contributed by atoms with E-state index in [0.29, 0.717) is 5.56 Å². The summed E-state index contributed by atoms with van der Waals surface area (Å²) in [4.78, 5) is 0. The fourth-order valence-corrected chi connectivity index (χ4v) is 2.05. The molecule has 0 radical (unpaired) electrons. The molecule has 0 atom stereocenters. The van der Waals surface area contributed by atoms with E-state index in [4.69, 9.17) is 22.5 Å². The lowest BCUT2D eigenvalue weighted by Gasteiger charge is -2.10. The molecule has 0 unspecified atom stereocenters. The van der Waals surface area contributed by atoms with Crippen LogP contribution in [0.25, 0.3) is 0 Å². The molecule has 0 saturated carbocycles. The number of hydrogen-bond donors (Lipinski definition) is 3. The molecule has 0 saturated heterocycles. The average molecular weight is 312 g/mol. The lowest BCUT2D eigenvalue weighted by atomic mass is 10.1. The summed E-state index contributed by atoms with van der Waals surface area (Å²) in [6.07, 6.45) is 0. The van der Waals surface area contributed by atoms with Crippen LogP contribution in [-0.4, -0.2) is 11.0 Å². The number of nitrogens with zero attached hydrogens (tertiary/aromatic N) is 1. The first-order chi connectivity index (χ1) is 10.0. The number of nitrogens with one attached hydrogen (secondary N) is 1. The second-order valence-electron chi connectivity index (χ2n) is 4.28. The molecule has 4 nitrogen and oxygen atoms in total. The largest absolute Gasteiger partial charge is 0.409 e. The monoisotopic (exact) mass is 311 g/mol. The Morgan fingerprint density at radius 3 is 2.71 bits per heavy atom. The fourth-order valence-electron chi connectivity index (χ4n) is 1.82. The van der Waals surface area contributed by atoms with Gasteiger partial charge in [-0.3, -0.25) is 0 Å². The number of para-hydroxylation sites is 1. The Morgan fingerprint density at radius 1 is 1.29 bits per heavy atom. The molecule has 0 amide bonds. The number of oxime groups is 1. The molecule has 21 heavy (non-hydrogen) atoms. The minimum absolute atomic E-state index is 0.129.